The van der Waals surface area contributed by atoms with E-state index in [2.05, 4.69) is 11.6 Å². The molecule has 0 bridgehead atoms. The molecule has 6 heteroatoms. The van der Waals surface area contributed by atoms with Crippen molar-refractivity contribution in [2.24, 2.45) is 0 Å². The first-order valence-corrected chi connectivity index (χ1v) is 7.22. The van der Waals surface area contributed by atoms with Crippen LogP contribution in [-0.2, 0) is 11.2 Å². The molecule has 4 nitrogen and oxygen atoms in total. The first kappa shape index (κ1) is 16.9. The van der Waals surface area contributed by atoms with Crippen LogP contribution >= 0.6 is 0 Å². The van der Waals surface area contributed by atoms with Crippen molar-refractivity contribution in [3.8, 4) is 5.75 Å². The van der Waals surface area contributed by atoms with Gasteiger partial charge in [-0.05, 0) is 31.9 Å². The quantitative estimate of drug-likeness (QED) is 0.463. The molecular weight excluding hydrogens is 304 g/mol. The van der Waals surface area contributed by atoms with Gasteiger partial charge in [-0.15, -0.1) is 6.58 Å². The molecule has 0 atom stereocenters. The van der Waals surface area contributed by atoms with Crippen LogP contribution in [0.15, 0.2) is 24.8 Å². The van der Waals surface area contributed by atoms with Gasteiger partial charge in [0.15, 0.2) is 17.4 Å². The van der Waals surface area contributed by atoms with Gasteiger partial charge in [-0.3, -0.25) is 4.98 Å². The van der Waals surface area contributed by atoms with Crippen molar-refractivity contribution in [3.63, 3.8) is 0 Å². The molecule has 23 heavy (non-hydrogen) atoms. The van der Waals surface area contributed by atoms with Crippen molar-refractivity contribution in [2.45, 2.75) is 26.7 Å². The lowest BCUT2D eigenvalue weighted by molar-refractivity contribution is 0.101. The Hall–Kier alpha value is -2.50. The highest BCUT2D eigenvalue weighted by atomic mass is 19.2. The minimum atomic E-state index is -1.10. The molecule has 1 aromatic carbocycles. The van der Waals surface area contributed by atoms with E-state index < -0.39 is 17.8 Å². The Labute approximate surface area is 132 Å². The van der Waals surface area contributed by atoms with E-state index in [1.165, 1.54) is 6.07 Å². The Kier molecular flexibility index (Phi) is 5.26. The summed E-state index contributed by atoms with van der Waals surface area (Å²) in [5.74, 6) is -2.20. The van der Waals surface area contributed by atoms with E-state index in [1.54, 1.807) is 13.0 Å². The fraction of sp³-hybridized carbons (Fsp3) is 0.294. The van der Waals surface area contributed by atoms with Crippen LogP contribution in [0, 0.1) is 18.6 Å². The predicted molar refractivity (Wildman–Crippen MR) is 82.6 cm³/mol. The first-order chi connectivity index (χ1) is 11.0. The summed E-state index contributed by atoms with van der Waals surface area (Å²) in [6.07, 6.45) is 1.63. The van der Waals surface area contributed by atoms with Gasteiger partial charge in [0.1, 0.15) is 0 Å². The molecule has 0 aliphatic rings. The third-order valence-corrected chi connectivity index (χ3v) is 3.39. The molecule has 0 aliphatic carbocycles. The van der Waals surface area contributed by atoms with Gasteiger partial charge in [0.05, 0.1) is 17.5 Å². The van der Waals surface area contributed by atoms with Crippen molar-refractivity contribution >= 4 is 17.1 Å². The van der Waals surface area contributed by atoms with Crippen LogP contribution in [0.2, 0.25) is 0 Å². The van der Waals surface area contributed by atoms with E-state index in [4.69, 9.17) is 9.47 Å². The highest BCUT2D eigenvalue weighted by molar-refractivity contribution is 5.89. The number of nitrogens with zero attached hydrogens (tertiary/aromatic N) is 1. The van der Waals surface area contributed by atoms with Crippen LogP contribution in [0.4, 0.5) is 13.6 Å². The normalized spacial score (nSPS) is 10.6. The Morgan fingerprint density at radius 2 is 2.13 bits per heavy atom. The lowest BCUT2D eigenvalue weighted by atomic mass is 10.1. The van der Waals surface area contributed by atoms with Gasteiger partial charge in [-0.1, -0.05) is 13.0 Å². The molecule has 0 N–H and O–H groups in total. The third kappa shape index (κ3) is 3.47. The van der Waals surface area contributed by atoms with Crippen molar-refractivity contribution in [2.75, 3.05) is 6.61 Å². The Balaban J connectivity index is 2.50. The minimum Gasteiger partial charge on any atom is -0.434 e. The van der Waals surface area contributed by atoms with E-state index >= 15 is 0 Å². The maximum Gasteiger partial charge on any atom is 0.513 e. The van der Waals surface area contributed by atoms with E-state index in [0.29, 0.717) is 24.1 Å². The summed E-state index contributed by atoms with van der Waals surface area (Å²) >= 11 is 0. The van der Waals surface area contributed by atoms with Gasteiger partial charge in [-0.2, -0.15) is 0 Å². The maximum absolute atomic E-state index is 14.2. The number of aromatic nitrogens is 1. The number of benzene rings is 1. The van der Waals surface area contributed by atoms with E-state index in [-0.39, 0.29) is 23.3 Å². The number of ether oxygens (including phenoxy) is 2. The monoisotopic (exact) mass is 321 g/mol. The van der Waals surface area contributed by atoms with Gasteiger partial charge in [0.2, 0.25) is 0 Å². The number of hydrogen-bond donors (Lipinski definition) is 0. The highest BCUT2D eigenvalue weighted by Gasteiger charge is 2.21. The second kappa shape index (κ2) is 7.17. The zero-order valence-electron chi connectivity index (χ0n) is 13.0. The van der Waals surface area contributed by atoms with Crippen LogP contribution in [0.3, 0.4) is 0 Å². The van der Waals surface area contributed by atoms with Gasteiger partial charge in [0.25, 0.3) is 0 Å². The largest absolute Gasteiger partial charge is 0.513 e. The predicted octanol–water partition coefficient (Wildman–Crippen LogP) is 4.48. The molecule has 0 spiro atoms. The van der Waals surface area contributed by atoms with Crippen LogP contribution in [0.25, 0.3) is 10.9 Å². The van der Waals surface area contributed by atoms with Crippen LogP contribution < -0.4 is 4.74 Å². The van der Waals surface area contributed by atoms with Gasteiger partial charge < -0.3 is 9.47 Å². The Bertz CT molecular complexity index is 759. The average molecular weight is 321 g/mol. The average Bonchev–Trinajstić information content (AvgIpc) is 2.53. The summed E-state index contributed by atoms with van der Waals surface area (Å²) in [4.78, 5) is 16.1. The van der Waals surface area contributed by atoms with E-state index in [9.17, 15) is 13.6 Å². The lowest BCUT2D eigenvalue weighted by Crippen LogP contribution is -2.13. The zero-order valence-corrected chi connectivity index (χ0v) is 13.0. The Morgan fingerprint density at radius 3 is 2.78 bits per heavy atom. The van der Waals surface area contributed by atoms with Gasteiger partial charge in [-0.25, -0.2) is 13.6 Å². The molecule has 122 valence electrons. The molecule has 0 saturated heterocycles. The molecule has 0 saturated carbocycles. The fourth-order valence-corrected chi connectivity index (χ4v) is 2.21. The van der Waals surface area contributed by atoms with E-state index in [0.717, 1.165) is 6.07 Å². The number of fused-ring (bicyclic) bond motifs is 1. The van der Waals surface area contributed by atoms with Gasteiger partial charge in [0, 0.05) is 11.3 Å². The van der Waals surface area contributed by atoms with Crippen LogP contribution in [0.1, 0.15) is 24.6 Å². The van der Waals surface area contributed by atoms with Gasteiger partial charge >= 0.3 is 6.16 Å². The summed E-state index contributed by atoms with van der Waals surface area (Å²) in [6.45, 7) is 7.12. The van der Waals surface area contributed by atoms with E-state index in [1.807, 2.05) is 6.92 Å². The molecule has 2 rings (SSSR count). The number of carbonyl (C=O) groups is 1. The lowest BCUT2D eigenvalue weighted by Gasteiger charge is -2.14. The number of rotatable bonds is 5. The molecule has 0 radical (unpaired) electrons. The number of aryl methyl sites for hydroxylation is 1. The Morgan fingerprint density at radius 1 is 1.39 bits per heavy atom. The molecule has 2 aromatic rings. The third-order valence-electron chi connectivity index (χ3n) is 3.39. The maximum atomic E-state index is 14.2. The first-order valence-electron chi connectivity index (χ1n) is 7.22. The molecule has 1 aromatic heterocycles. The SMILES string of the molecule is C=CCCOC(=O)Oc1c(C)c(CC)nc2ccc(F)c(F)c12. The smallest absolute Gasteiger partial charge is 0.434 e. The molecule has 1 heterocycles. The molecule has 0 aliphatic heterocycles. The zero-order chi connectivity index (χ0) is 17.0. The minimum absolute atomic E-state index is 0.0625. The summed E-state index contributed by atoms with van der Waals surface area (Å²) in [6, 6.07) is 2.34. The number of halogens is 2. The fourth-order valence-electron chi connectivity index (χ4n) is 2.21. The second-order valence-electron chi connectivity index (χ2n) is 4.90. The van der Waals surface area contributed by atoms with Crippen molar-refractivity contribution in [3.05, 3.63) is 47.7 Å². The van der Waals surface area contributed by atoms with Crippen LogP contribution in [0.5, 0.6) is 5.75 Å². The standard InChI is InChI=1S/C17H17F2NO3/c1-4-6-9-22-17(21)23-16-10(3)12(5-2)20-13-8-7-11(18)15(19)14(13)16/h4,7-8H,1,5-6,9H2,2-3H3. The number of hydrogen-bond acceptors (Lipinski definition) is 4. The van der Waals surface area contributed by atoms with Crippen LogP contribution in [-0.4, -0.2) is 17.7 Å². The molecule has 0 fully saturated rings. The summed E-state index contributed by atoms with van der Waals surface area (Å²) in [5, 5.41) is -0.166. The summed E-state index contributed by atoms with van der Waals surface area (Å²) < 4.78 is 37.7. The molecule has 0 amide bonds. The number of pyridine rings is 1. The molecule has 0 unspecified atom stereocenters. The van der Waals surface area contributed by atoms with Crippen molar-refractivity contribution in [1.82, 2.24) is 4.98 Å². The van der Waals surface area contributed by atoms with Crippen molar-refractivity contribution in [1.29, 1.82) is 0 Å². The highest BCUT2D eigenvalue weighted by Crippen LogP contribution is 2.33. The van der Waals surface area contributed by atoms with Crippen molar-refractivity contribution < 1.29 is 23.0 Å². The summed E-state index contributed by atoms with van der Waals surface area (Å²) in [7, 11) is 0. The molecular formula is C17H17F2NO3. The topological polar surface area (TPSA) is 48.4 Å². The number of carbonyl (C=O) groups excluding carboxylic acids is 1. The summed E-state index contributed by atoms with van der Waals surface area (Å²) in [5.41, 5.74) is 1.34. The second-order valence-corrected chi connectivity index (χ2v) is 4.90.